The third-order valence-electron chi connectivity index (χ3n) is 1.12. The van der Waals surface area contributed by atoms with Gasteiger partial charge >= 0.3 is 0 Å². The quantitative estimate of drug-likeness (QED) is 0.537. The number of hydrogen-bond donors (Lipinski definition) is 0. The lowest BCUT2D eigenvalue weighted by Crippen LogP contribution is -2.01. The number of rotatable bonds is 1. The summed E-state index contributed by atoms with van der Waals surface area (Å²) in [5.74, 6) is 0. The third-order valence-corrected chi connectivity index (χ3v) is 1.12. The van der Waals surface area contributed by atoms with Crippen LogP contribution in [0, 0.1) is 6.92 Å². The maximum Gasteiger partial charge on any atom is 0.181 e. The normalized spacial score (nSPS) is 9.44. The molecule has 0 fully saturated rings. The lowest BCUT2D eigenvalue weighted by atomic mass is 10.5. The van der Waals surface area contributed by atoms with E-state index in [1.54, 1.807) is 12.4 Å². The minimum Gasteiger partial charge on any atom is -0.354 e. The van der Waals surface area contributed by atoms with Crippen molar-refractivity contribution < 1.29 is 0 Å². The Balaban J connectivity index is 3.02. The third kappa shape index (κ3) is 1.42. The Kier molecular flexibility index (Phi) is 1.68. The summed E-state index contributed by atoms with van der Waals surface area (Å²) in [7, 11) is 0. The van der Waals surface area contributed by atoms with Crippen LogP contribution >= 0.6 is 0 Å². The molecule has 2 heteroatoms. The zero-order valence-corrected chi connectivity index (χ0v) is 5.08. The van der Waals surface area contributed by atoms with E-state index in [0.29, 0.717) is 6.54 Å². The monoisotopic (exact) mass is 122 g/mol. The first-order valence-corrected chi connectivity index (χ1v) is 2.78. The summed E-state index contributed by atoms with van der Waals surface area (Å²) in [5.41, 5.74) is 0.0414. The largest absolute Gasteiger partial charge is 0.354 e. The van der Waals surface area contributed by atoms with Crippen molar-refractivity contribution in [3.05, 3.63) is 41.7 Å². The summed E-state index contributed by atoms with van der Waals surface area (Å²) in [5, 5.41) is 0. The maximum atomic E-state index is 10.5. The Morgan fingerprint density at radius 1 is 1.44 bits per heavy atom. The van der Waals surface area contributed by atoms with Crippen molar-refractivity contribution in [1.82, 2.24) is 4.57 Å². The van der Waals surface area contributed by atoms with E-state index in [9.17, 15) is 4.79 Å². The average molecular weight is 122 g/mol. The van der Waals surface area contributed by atoms with Crippen LogP contribution in [0.25, 0.3) is 0 Å². The standard InChI is InChI=1S/C7H8NO/c1-2-8-5-3-7(9)4-6-8/h3-6H,1-2H2. The Morgan fingerprint density at radius 2 is 2.00 bits per heavy atom. The summed E-state index contributed by atoms with van der Waals surface area (Å²) in [6.07, 6.45) is 3.44. The molecule has 9 heavy (non-hydrogen) atoms. The second kappa shape index (κ2) is 2.49. The van der Waals surface area contributed by atoms with Crippen molar-refractivity contribution in [3.8, 4) is 0 Å². The Hall–Kier alpha value is -1.05. The molecule has 1 rings (SSSR count). The highest BCUT2D eigenvalue weighted by molar-refractivity contribution is 4.93. The van der Waals surface area contributed by atoms with Crippen LogP contribution in [0.1, 0.15) is 0 Å². The van der Waals surface area contributed by atoms with Gasteiger partial charge in [0.2, 0.25) is 0 Å². The molecule has 0 saturated carbocycles. The molecule has 0 spiro atoms. The Bertz CT molecular complexity index is 218. The molecule has 0 aliphatic heterocycles. The second-order valence-corrected chi connectivity index (χ2v) is 1.77. The summed E-state index contributed by atoms with van der Waals surface area (Å²) in [6, 6.07) is 3.04. The molecule has 1 heterocycles. The second-order valence-electron chi connectivity index (χ2n) is 1.77. The number of nitrogens with zero attached hydrogens (tertiary/aromatic N) is 1. The highest BCUT2D eigenvalue weighted by Crippen LogP contribution is 1.80. The van der Waals surface area contributed by atoms with Gasteiger partial charge in [-0.1, -0.05) is 0 Å². The fraction of sp³-hybridized carbons (Fsp3) is 0.143. The van der Waals surface area contributed by atoms with Gasteiger partial charge in [0.1, 0.15) is 0 Å². The first-order chi connectivity index (χ1) is 4.33. The van der Waals surface area contributed by atoms with Crippen LogP contribution in [0.3, 0.4) is 0 Å². The van der Waals surface area contributed by atoms with Crippen LogP contribution in [0.4, 0.5) is 0 Å². The van der Waals surface area contributed by atoms with Crippen LogP contribution in [-0.2, 0) is 6.54 Å². The van der Waals surface area contributed by atoms with Crippen molar-refractivity contribution in [1.29, 1.82) is 0 Å². The minimum absolute atomic E-state index is 0.0414. The van der Waals surface area contributed by atoms with E-state index < -0.39 is 0 Å². The molecular formula is C7H8NO. The molecule has 1 radical (unpaired) electrons. The highest BCUT2D eigenvalue weighted by Gasteiger charge is 1.81. The molecule has 1 aromatic heterocycles. The van der Waals surface area contributed by atoms with E-state index in [4.69, 9.17) is 0 Å². The van der Waals surface area contributed by atoms with Crippen molar-refractivity contribution in [2.75, 3.05) is 0 Å². The van der Waals surface area contributed by atoms with Gasteiger partial charge in [0.25, 0.3) is 0 Å². The molecule has 0 amide bonds. The van der Waals surface area contributed by atoms with Crippen LogP contribution in [0.5, 0.6) is 0 Å². The van der Waals surface area contributed by atoms with E-state index in [-0.39, 0.29) is 5.43 Å². The summed E-state index contributed by atoms with van der Waals surface area (Å²) < 4.78 is 1.83. The maximum absolute atomic E-state index is 10.5. The molecule has 2 nitrogen and oxygen atoms in total. The zero-order chi connectivity index (χ0) is 6.69. The van der Waals surface area contributed by atoms with Crippen LogP contribution < -0.4 is 5.43 Å². The van der Waals surface area contributed by atoms with E-state index in [2.05, 4.69) is 6.92 Å². The lowest BCUT2D eigenvalue weighted by molar-refractivity contribution is 0.808. The molecule has 0 N–H and O–H groups in total. The van der Waals surface area contributed by atoms with E-state index in [1.807, 2.05) is 4.57 Å². The topological polar surface area (TPSA) is 22.0 Å². The molecule has 0 aliphatic carbocycles. The summed E-state index contributed by atoms with van der Waals surface area (Å²) in [4.78, 5) is 10.5. The van der Waals surface area contributed by atoms with Crippen LogP contribution in [0.2, 0.25) is 0 Å². The van der Waals surface area contributed by atoms with Gasteiger partial charge in [-0.05, 0) is 6.92 Å². The van der Waals surface area contributed by atoms with Gasteiger partial charge in [0.05, 0.1) is 0 Å². The van der Waals surface area contributed by atoms with Crippen LogP contribution in [-0.4, -0.2) is 4.57 Å². The minimum atomic E-state index is 0.0414. The van der Waals surface area contributed by atoms with Gasteiger partial charge in [-0.15, -0.1) is 0 Å². The van der Waals surface area contributed by atoms with E-state index in [1.165, 1.54) is 12.1 Å². The SMILES string of the molecule is [CH2]Cn1ccc(=O)cc1. The Labute approximate surface area is 53.8 Å². The Morgan fingerprint density at radius 3 is 2.44 bits per heavy atom. The molecule has 47 valence electrons. The first kappa shape index (κ1) is 6.08. The number of hydrogen-bond acceptors (Lipinski definition) is 1. The van der Waals surface area contributed by atoms with E-state index in [0.717, 1.165) is 0 Å². The predicted octanol–water partition coefficient (Wildman–Crippen LogP) is 0.682. The zero-order valence-electron chi connectivity index (χ0n) is 5.08. The molecule has 0 aliphatic rings. The molecule has 1 aromatic rings. The fourth-order valence-corrected chi connectivity index (χ4v) is 0.593. The van der Waals surface area contributed by atoms with Gasteiger partial charge < -0.3 is 4.57 Å². The first-order valence-electron chi connectivity index (χ1n) is 2.78. The summed E-state index contributed by atoms with van der Waals surface area (Å²) in [6.45, 7) is 4.31. The number of pyridine rings is 1. The smallest absolute Gasteiger partial charge is 0.181 e. The molecular weight excluding hydrogens is 114 g/mol. The predicted molar refractivity (Wildman–Crippen MR) is 36.1 cm³/mol. The van der Waals surface area contributed by atoms with Gasteiger partial charge in [-0.3, -0.25) is 4.79 Å². The van der Waals surface area contributed by atoms with Gasteiger partial charge in [-0.2, -0.15) is 0 Å². The van der Waals surface area contributed by atoms with Gasteiger partial charge in [0, 0.05) is 31.1 Å². The van der Waals surface area contributed by atoms with Gasteiger partial charge in [0.15, 0.2) is 5.43 Å². The molecule has 0 bridgehead atoms. The van der Waals surface area contributed by atoms with Crippen molar-refractivity contribution in [3.63, 3.8) is 0 Å². The molecule has 0 aromatic carbocycles. The fourth-order valence-electron chi connectivity index (χ4n) is 0.593. The highest BCUT2D eigenvalue weighted by atomic mass is 16.1. The average Bonchev–Trinajstić information content (AvgIpc) is 1.90. The summed E-state index contributed by atoms with van der Waals surface area (Å²) >= 11 is 0. The van der Waals surface area contributed by atoms with Crippen molar-refractivity contribution in [2.24, 2.45) is 0 Å². The van der Waals surface area contributed by atoms with Gasteiger partial charge in [-0.25, -0.2) is 0 Å². The molecule has 0 saturated heterocycles. The van der Waals surface area contributed by atoms with Crippen LogP contribution in [0.15, 0.2) is 29.3 Å². The lowest BCUT2D eigenvalue weighted by Gasteiger charge is -1.96. The van der Waals surface area contributed by atoms with Crippen molar-refractivity contribution in [2.45, 2.75) is 6.54 Å². The molecule has 0 unspecified atom stereocenters. The molecule has 0 atom stereocenters. The van der Waals surface area contributed by atoms with E-state index >= 15 is 0 Å². The number of aromatic nitrogens is 1. The van der Waals surface area contributed by atoms with Crippen molar-refractivity contribution >= 4 is 0 Å².